The molecule has 20 heavy (non-hydrogen) atoms. The van der Waals surface area contributed by atoms with Crippen molar-refractivity contribution >= 4 is 10.8 Å². The van der Waals surface area contributed by atoms with Gasteiger partial charge in [0.25, 0.3) is 0 Å². The molecule has 4 rings (SSSR count). The largest absolute Gasteiger partial charge is 0.295 e. The Morgan fingerprint density at radius 3 is 2.40 bits per heavy atom. The monoisotopic (exact) mass is 265 g/mol. The van der Waals surface area contributed by atoms with Crippen molar-refractivity contribution in [3.8, 4) is 0 Å². The maximum atomic E-state index is 2.74. The predicted molar refractivity (Wildman–Crippen MR) is 84.9 cm³/mol. The smallest absolute Gasteiger partial charge is 0.0395 e. The third kappa shape index (κ3) is 1.88. The lowest BCUT2D eigenvalue weighted by atomic mass is 9.90. The fraction of sp³-hybridized carbons (Fsp3) is 0.474. The van der Waals surface area contributed by atoms with E-state index < -0.39 is 0 Å². The highest BCUT2D eigenvalue weighted by atomic mass is 15.2. The molecule has 2 aromatic rings. The zero-order chi connectivity index (χ0) is 13.7. The Morgan fingerprint density at radius 2 is 1.65 bits per heavy atom. The number of nitrogens with zero attached hydrogens (tertiary/aromatic N) is 1. The molecule has 0 saturated carbocycles. The van der Waals surface area contributed by atoms with Gasteiger partial charge in [-0.15, -0.1) is 0 Å². The Kier molecular flexibility index (Phi) is 2.85. The number of hydrogen-bond donors (Lipinski definition) is 0. The summed E-state index contributed by atoms with van der Waals surface area (Å²) in [6.45, 7) is 7.34. The lowest BCUT2D eigenvalue weighted by Crippen LogP contribution is -2.41. The minimum Gasteiger partial charge on any atom is -0.295 e. The third-order valence-electron chi connectivity index (χ3n) is 5.13. The maximum absolute atomic E-state index is 2.74. The molecule has 0 bridgehead atoms. The first-order chi connectivity index (χ1) is 9.72. The van der Waals surface area contributed by atoms with Crippen molar-refractivity contribution in [3.05, 3.63) is 47.5 Å². The summed E-state index contributed by atoms with van der Waals surface area (Å²) in [5.74, 6) is 1.67. The molecule has 2 aromatic carbocycles. The van der Waals surface area contributed by atoms with Crippen LogP contribution in [0, 0.1) is 11.8 Å². The van der Waals surface area contributed by atoms with Crippen molar-refractivity contribution in [2.75, 3.05) is 13.1 Å². The summed E-state index contributed by atoms with van der Waals surface area (Å²) in [7, 11) is 0. The van der Waals surface area contributed by atoms with E-state index in [1.807, 2.05) is 0 Å². The average molecular weight is 265 g/mol. The van der Waals surface area contributed by atoms with Crippen molar-refractivity contribution in [1.29, 1.82) is 0 Å². The van der Waals surface area contributed by atoms with Gasteiger partial charge in [-0.2, -0.15) is 0 Å². The minimum absolute atomic E-state index is 0.612. The first-order valence-corrected chi connectivity index (χ1v) is 7.97. The molecule has 1 aliphatic carbocycles. The Bertz CT molecular complexity index is 630. The lowest BCUT2D eigenvalue weighted by molar-refractivity contribution is 0.0976. The lowest BCUT2D eigenvalue weighted by Gasteiger charge is -2.39. The molecule has 1 heteroatoms. The van der Waals surface area contributed by atoms with E-state index in [1.54, 1.807) is 11.1 Å². The number of benzene rings is 2. The van der Waals surface area contributed by atoms with Gasteiger partial charge in [0, 0.05) is 19.1 Å². The molecular formula is C19H23N. The molecule has 1 nitrogen and oxygen atoms in total. The van der Waals surface area contributed by atoms with Crippen LogP contribution in [0.2, 0.25) is 0 Å². The average Bonchev–Trinajstić information content (AvgIpc) is 2.80. The fourth-order valence-electron chi connectivity index (χ4n) is 4.51. The van der Waals surface area contributed by atoms with Crippen molar-refractivity contribution in [2.45, 2.75) is 32.7 Å². The van der Waals surface area contributed by atoms with E-state index in [2.05, 4.69) is 55.1 Å². The molecule has 0 spiro atoms. The molecule has 1 fully saturated rings. The highest BCUT2D eigenvalue weighted by molar-refractivity contribution is 5.91. The molecular weight excluding hydrogens is 242 g/mol. The predicted octanol–water partition coefficient (Wildman–Crippen LogP) is 4.41. The van der Waals surface area contributed by atoms with Crippen molar-refractivity contribution < 1.29 is 0 Å². The van der Waals surface area contributed by atoms with Crippen LogP contribution in [0.1, 0.15) is 37.4 Å². The molecule has 0 radical (unpaired) electrons. The zero-order valence-corrected chi connectivity index (χ0v) is 12.5. The molecule has 3 atom stereocenters. The molecule has 0 N–H and O–H groups in total. The maximum Gasteiger partial charge on any atom is 0.0395 e. The molecule has 2 unspecified atom stereocenters. The van der Waals surface area contributed by atoms with Crippen LogP contribution in [0.4, 0.5) is 0 Å². The Labute approximate surface area is 121 Å². The first kappa shape index (κ1) is 12.4. The molecule has 0 amide bonds. The number of hydrogen-bond acceptors (Lipinski definition) is 1. The summed E-state index contributed by atoms with van der Waals surface area (Å²) in [6.07, 6.45) is 2.59. The summed E-state index contributed by atoms with van der Waals surface area (Å²) >= 11 is 0. The second kappa shape index (κ2) is 4.60. The van der Waals surface area contributed by atoms with Gasteiger partial charge in [-0.3, -0.25) is 4.90 Å². The van der Waals surface area contributed by atoms with Gasteiger partial charge in [0.1, 0.15) is 0 Å². The van der Waals surface area contributed by atoms with Gasteiger partial charge in [-0.25, -0.2) is 0 Å². The Hall–Kier alpha value is -1.34. The standard InChI is InChI=1S/C19H23N/c1-13-9-14(2)12-20(11-13)18-10-16-7-3-5-15-6-4-8-17(18)19(15)16/h3-8,13-14,18H,9-12H2,1-2H3/t13?,14?,18-/m1/s1. The van der Waals surface area contributed by atoms with Gasteiger partial charge in [-0.05, 0) is 46.6 Å². The highest BCUT2D eigenvalue weighted by Crippen LogP contribution is 2.41. The molecule has 1 heterocycles. The van der Waals surface area contributed by atoms with Gasteiger partial charge >= 0.3 is 0 Å². The summed E-state index contributed by atoms with van der Waals surface area (Å²) in [4.78, 5) is 2.74. The topological polar surface area (TPSA) is 3.24 Å². The van der Waals surface area contributed by atoms with E-state index in [0.29, 0.717) is 6.04 Å². The van der Waals surface area contributed by atoms with E-state index in [4.69, 9.17) is 0 Å². The van der Waals surface area contributed by atoms with Gasteiger partial charge in [0.15, 0.2) is 0 Å². The van der Waals surface area contributed by atoms with E-state index >= 15 is 0 Å². The van der Waals surface area contributed by atoms with Crippen molar-refractivity contribution in [1.82, 2.24) is 4.90 Å². The van der Waals surface area contributed by atoms with Crippen LogP contribution in [0.5, 0.6) is 0 Å². The Morgan fingerprint density at radius 1 is 0.950 bits per heavy atom. The number of piperidine rings is 1. The van der Waals surface area contributed by atoms with Crippen molar-refractivity contribution in [2.24, 2.45) is 11.8 Å². The van der Waals surface area contributed by atoms with Crippen LogP contribution >= 0.6 is 0 Å². The van der Waals surface area contributed by atoms with Gasteiger partial charge in [-0.1, -0.05) is 50.2 Å². The first-order valence-electron chi connectivity index (χ1n) is 7.97. The SMILES string of the molecule is CC1CC(C)CN([C@@H]2Cc3cccc4cccc2c34)C1. The van der Waals surface area contributed by atoms with E-state index in [-0.39, 0.29) is 0 Å². The van der Waals surface area contributed by atoms with Crippen LogP contribution < -0.4 is 0 Å². The quantitative estimate of drug-likeness (QED) is 0.738. The van der Waals surface area contributed by atoms with E-state index in [9.17, 15) is 0 Å². The van der Waals surface area contributed by atoms with Gasteiger partial charge in [0.2, 0.25) is 0 Å². The van der Waals surface area contributed by atoms with Crippen LogP contribution in [-0.4, -0.2) is 18.0 Å². The minimum atomic E-state index is 0.612. The van der Waals surface area contributed by atoms with E-state index in [0.717, 1.165) is 11.8 Å². The summed E-state index contributed by atoms with van der Waals surface area (Å²) in [6, 6.07) is 14.2. The highest BCUT2D eigenvalue weighted by Gasteiger charge is 2.32. The summed E-state index contributed by atoms with van der Waals surface area (Å²) in [5, 5.41) is 2.95. The van der Waals surface area contributed by atoms with Crippen molar-refractivity contribution in [3.63, 3.8) is 0 Å². The second-order valence-corrected chi connectivity index (χ2v) is 6.98. The molecule has 104 valence electrons. The van der Waals surface area contributed by atoms with Gasteiger partial charge in [0.05, 0.1) is 0 Å². The molecule has 0 aromatic heterocycles. The van der Waals surface area contributed by atoms with Crippen LogP contribution in [0.25, 0.3) is 10.8 Å². The zero-order valence-electron chi connectivity index (χ0n) is 12.5. The molecule has 2 aliphatic rings. The summed E-state index contributed by atoms with van der Waals surface area (Å²) < 4.78 is 0. The normalized spacial score (nSPS) is 30.0. The Balaban J connectivity index is 1.75. The van der Waals surface area contributed by atoms with E-state index in [1.165, 1.54) is 36.7 Å². The number of likely N-dealkylation sites (tertiary alicyclic amines) is 1. The van der Waals surface area contributed by atoms with Gasteiger partial charge < -0.3 is 0 Å². The van der Waals surface area contributed by atoms with Crippen LogP contribution in [0.15, 0.2) is 36.4 Å². The third-order valence-corrected chi connectivity index (χ3v) is 5.13. The molecule has 1 aliphatic heterocycles. The van der Waals surface area contributed by atoms with Crippen LogP contribution in [0.3, 0.4) is 0 Å². The summed E-state index contributed by atoms with van der Waals surface area (Å²) in [5.41, 5.74) is 3.12. The van der Waals surface area contributed by atoms with Crippen LogP contribution in [-0.2, 0) is 6.42 Å². The fourth-order valence-corrected chi connectivity index (χ4v) is 4.51. The second-order valence-electron chi connectivity index (χ2n) is 6.98. The molecule has 1 saturated heterocycles. The number of rotatable bonds is 1.